The lowest BCUT2D eigenvalue weighted by molar-refractivity contribution is -0.143. The molecule has 3 N–H and O–H groups in total. The molecule has 102 valence electrons. The third-order valence-electron chi connectivity index (χ3n) is 4.22. The van der Waals surface area contributed by atoms with Crippen LogP contribution in [0.1, 0.15) is 30.2 Å². The van der Waals surface area contributed by atoms with Crippen molar-refractivity contribution in [2.45, 2.75) is 37.4 Å². The molecule has 4 atom stereocenters. The fraction of sp³-hybridized carbons (Fsp3) is 0.538. The fourth-order valence-electron chi connectivity index (χ4n) is 3.35. The quantitative estimate of drug-likeness (QED) is 0.871. The average molecular weight is 280 g/mol. The maximum absolute atomic E-state index is 12.5. The second kappa shape index (κ2) is 4.61. The Balaban J connectivity index is 1.80. The topological polar surface area (TPSA) is 83.6 Å². The zero-order valence-electron chi connectivity index (χ0n) is 10.4. The number of thiophene rings is 1. The van der Waals surface area contributed by atoms with Crippen LogP contribution in [0.5, 0.6) is 0 Å². The molecule has 0 radical (unpaired) electrons. The van der Waals surface area contributed by atoms with Gasteiger partial charge in [-0.05, 0) is 30.7 Å². The number of aliphatic carboxylic acids is 1. The lowest BCUT2D eigenvalue weighted by Gasteiger charge is -2.25. The van der Waals surface area contributed by atoms with Gasteiger partial charge in [-0.2, -0.15) is 0 Å². The van der Waals surface area contributed by atoms with E-state index >= 15 is 0 Å². The molecule has 2 bridgehead atoms. The Labute approximate surface area is 115 Å². The fourth-order valence-corrected chi connectivity index (χ4v) is 4.07. The third kappa shape index (κ3) is 1.95. The second-order valence-corrected chi connectivity index (χ2v) is 6.20. The summed E-state index contributed by atoms with van der Waals surface area (Å²) in [6, 6.07) is 2.95. The van der Waals surface area contributed by atoms with Gasteiger partial charge in [0.1, 0.15) is 6.04 Å². The van der Waals surface area contributed by atoms with E-state index in [2.05, 4.69) is 0 Å². The third-order valence-corrected chi connectivity index (χ3v) is 5.18. The average Bonchev–Trinajstić information content (AvgIpc) is 3.11. The van der Waals surface area contributed by atoms with Gasteiger partial charge in [0.2, 0.25) is 5.91 Å². The van der Waals surface area contributed by atoms with Crippen molar-refractivity contribution in [1.82, 2.24) is 4.90 Å². The molecule has 3 heterocycles. The van der Waals surface area contributed by atoms with Crippen LogP contribution in [0.25, 0.3) is 0 Å². The maximum atomic E-state index is 12.5. The second-order valence-electron chi connectivity index (χ2n) is 5.22. The van der Waals surface area contributed by atoms with Crippen molar-refractivity contribution in [3.63, 3.8) is 0 Å². The van der Waals surface area contributed by atoms with Gasteiger partial charge in [0.15, 0.2) is 0 Å². The highest BCUT2D eigenvalue weighted by Crippen LogP contribution is 2.43. The Morgan fingerprint density at radius 1 is 1.47 bits per heavy atom. The van der Waals surface area contributed by atoms with Crippen molar-refractivity contribution < 1.29 is 14.7 Å². The first kappa shape index (κ1) is 12.6. The van der Waals surface area contributed by atoms with Crippen LogP contribution in [0.2, 0.25) is 0 Å². The molecule has 3 rings (SSSR count). The van der Waals surface area contributed by atoms with Crippen LogP contribution < -0.4 is 5.73 Å². The van der Waals surface area contributed by atoms with E-state index < -0.39 is 17.9 Å². The number of carbonyl (C=O) groups is 2. The summed E-state index contributed by atoms with van der Waals surface area (Å²) in [4.78, 5) is 26.3. The molecule has 0 aromatic carbocycles. The number of hydrogen-bond donors (Lipinski definition) is 2. The molecule has 0 saturated carbocycles. The van der Waals surface area contributed by atoms with E-state index in [4.69, 9.17) is 5.73 Å². The normalized spacial score (nSPS) is 30.6. The summed E-state index contributed by atoms with van der Waals surface area (Å²) in [6.45, 7) is 0. The minimum absolute atomic E-state index is 0.0598. The lowest BCUT2D eigenvalue weighted by Crippen LogP contribution is -2.42. The zero-order valence-corrected chi connectivity index (χ0v) is 11.2. The van der Waals surface area contributed by atoms with E-state index in [-0.39, 0.29) is 18.0 Å². The molecule has 5 nitrogen and oxygen atoms in total. The van der Waals surface area contributed by atoms with Crippen LogP contribution in [0, 0.1) is 5.92 Å². The van der Waals surface area contributed by atoms with Crippen molar-refractivity contribution in [1.29, 1.82) is 0 Å². The molecular formula is C13H16N2O3S. The van der Waals surface area contributed by atoms with E-state index in [1.165, 1.54) is 11.3 Å². The van der Waals surface area contributed by atoms with Gasteiger partial charge in [0.25, 0.3) is 0 Å². The zero-order chi connectivity index (χ0) is 13.6. The molecule has 1 aromatic heterocycles. The number of amides is 1. The minimum Gasteiger partial charge on any atom is -0.481 e. The van der Waals surface area contributed by atoms with Gasteiger partial charge in [0, 0.05) is 17.0 Å². The smallest absolute Gasteiger partial charge is 0.308 e. The number of nitrogens with two attached hydrogens (primary N) is 1. The highest BCUT2D eigenvalue weighted by molar-refractivity contribution is 7.10. The largest absolute Gasteiger partial charge is 0.481 e. The maximum Gasteiger partial charge on any atom is 0.308 e. The first-order valence-electron chi connectivity index (χ1n) is 6.43. The predicted molar refractivity (Wildman–Crippen MR) is 70.6 cm³/mol. The Morgan fingerprint density at radius 3 is 2.84 bits per heavy atom. The first-order chi connectivity index (χ1) is 9.09. The van der Waals surface area contributed by atoms with Gasteiger partial charge >= 0.3 is 5.97 Å². The summed E-state index contributed by atoms with van der Waals surface area (Å²) >= 11 is 1.46. The van der Waals surface area contributed by atoms with Crippen molar-refractivity contribution in [3.05, 3.63) is 22.4 Å². The van der Waals surface area contributed by atoms with Crippen molar-refractivity contribution in [2.24, 2.45) is 11.7 Å². The molecule has 2 aliphatic rings. The molecule has 2 saturated heterocycles. The molecule has 19 heavy (non-hydrogen) atoms. The van der Waals surface area contributed by atoms with Crippen LogP contribution in [0.3, 0.4) is 0 Å². The molecule has 2 fully saturated rings. The minimum atomic E-state index is -0.797. The highest BCUT2D eigenvalue weighted by Gasteiger charge is 2.52. The molecule has 2 aliphatic heterocycles. The SMILES string of the molecule is NC(C(=O)N1C2CCC1C(C(=O)O)C2)c1cccs1. The summed E-state index contributed by atoms with van der Waals surface area (Å²) in [5.74, 6) is -1.34. The van der Waals surface area contributed by atoms with E-state index in [9.17, 15) is 14.7 Å². The number of nitrogens with zero attached hydrogens (tertiary/aromatic N) is 1. The number of rotatable bonds is 3. The Bertz CT molecular complexity index is 502. The summed E-state index contributed by atoms with van der Waals surface area (Å²) in [6.07, 6.45) is 2.25. The summed E-state index contributed by atoms with van der Waals surface area (Å²) in [7, 11) is 0. The summed E-state index contributed by atoms with van der Waals surface area (Å²) < 4.78 is 0. The van der Waals surface area contributed by atoms with Crippen LogP contribution in [-0.4, -0.2) is 34.0 Å². The van der Waals surface area contributed by atoms with Crippen LogP contribution >= 0.6 is 11.3 Å². The monoisotopic (exact) mass is 280 g/mol. The number of carboxylic acids is 1. The van der Waals surface area contributed by atoms with Gasteiger partial charge in [-0.15, -0.1) is 11.3 Å². The summed E-state index contributed by atoms with van der Waals surface area (Å²) in [5.41, 5.74) is 6.01. The van der Waals surface area contributed by atoms with E-state index in [0.29, 0.717) is 6.42 Å². The molecule has 1 aromatic rings. The standard InChI is InChI=1S/C13H16N2O3S/c14-11(10-2-1-5-19-10)12(16)15-7-3-4-9(15)8(6-7)13(17)18/h1-2,5,7-9,11H,3-4,6,14H2,(H,17,18). The molecule has 1 amide bonds. The van der Waals surface area contributed by atoms with E-state index in [1.807, 2.05) is 17.5 Å². The van der Waals surface area contributed by atoms with Gasteiger partial charge in [-0.3, -0.25) is 9.59 Å². The Kier molecular flexibility index (Phi) is 3.06. The molecule has 6 heteroatoms. The lowest BCUT2D eigenvalue weighted by atomic mass is 9.89. The number of carboxylic acid groups (broad SMARTS) is 1. The van der Waals surface area contributed by atoms with Crippen molar-refractivity contribution in [2.75, 3.05) is 0 Å². The van der Waals surface area contributed by atoms with Gasteiger partial charge in [0.05, 0.1) is 5.92 Å². The van der Waals surface area contributed by atoms with Crippen molar-refractivity contribution >= 4 is 23.2 Å². The number of hydrogen-bond acceptors (Lipinski definition) is 4. The number of carbonyl (C=O) groups excluding carboxylic acids is 1. The predicted octanol–water partition coefficient (Wildman–Crippen LogP) is 1.21. The first-order valence-corrected chi connectivity index (χ1v) is 7.31. The van der Waals surface area contributed by atoms with E-state index in [1.54, 1.807) is 4.90 Å². The van der Waals surface area contributed by atoms with Gasteiger partial charge in [-0.1, -0.05) is 6.07 Å². The van der Waals surface area contributed by atoms with E-state index in [0.717, 1.165) is 17.7 Å². The highest BCUT2D eigenvalue weighted by atomic mass is 32.1. The van der Waals surface area contributed by atoms with Gasteiger partial charge in [-0.25, -0.2) is 0 Å². The molecular weight excluding hydrogens is 264 g/mol. The van der Waals surface area contributed by atoms with Crippen molar-refractivity contribution in [3.8, 4) is 0 Å². The molecule has 0 aliphatic carbocycles. The molecule has 4 unspecified atom stereocenters. The Morgan fingerprint density at radius 2 is 2.26 bits per heavy atom. The van der Waals surface area contributed by atoms with Gasteiger partial charge < -0.3 is 15.7 Å². The summed E-state index contributed by atoms with van der Waals surface area (Å²) in [5, 5.41) is 11.1. The van der Waals surface area contributed by atoms with Crippen LogP contribution in [-0.2, 0) is 9.59 Å². The Hall–Kier alpha value is -1.40. The van der Waals surface area contributed by atoms with Crippen LogP contribution in [0.4, 0.5) is 0 Å². The molecule has 0 spiro atoms. The van der Waals surface area contributed by atoms with Crippen LogP contribution in [0.15, 0.2) is 17.5 Å². The number of fused-ring (bicyclic) bond motifs is 2.